The van der Waals surface area contributed by atoms with Crippen LogP contribution < -0.4 is 10.6 Å². The molecule has 2 N–H and O–H groups in total. The molecule has 0 amide bonds. The van der Waals surface area contributed by atoms with Crippen LogP contribution in [-0.2, 0) is 0 Å². The van der Waals surface area contributed by atoms with Gasteiger partial charge in [-0.05, 0) is 13.0 Å². The molecular weight excluding hydrogens is 160 g/mol. The van der Waals surface area contributed by atoms with Gasteiger partial charge in [-0.1, -0.05) is 39.0 Å². The largest absolute Gasteiger partial charge is 0.315 e. The molecule has 0 aromatic carbocycles. The highest BCUT2D eigenvalue weighted by molar-refractivity contribution is 4.84. The molecule has 1 rings (SSSR count). The molecule has 1 atom stereocenters. The van der Waals surface area contributed by atoms with Crippen LogP contribution in [0.15, 0.2) is 0 Å². The second-order valence-electron chi connectivity index (χ2n) is 4.08. The second-order valence-corrected chi connectivity index (χ2v) is 4.08. The Labute approximate surface area is 82.5 Å². The van der Waals surface area contributed by atoms with E-state index in [2.05, 4.69) is 17.6 Å². The maximum absolute atomic E-state index is 3.48. The normalized spacial score (nSPS) is 20.5. The first kappa shape index (κ1) is 11.0. The molecule has 0 aliphatic carbocycles. The molecule has 1 saturated heterocycles. The average Bonchev–Trinajstić information content (AvgIpc) is 2.93. The van der Waals surface area contributed by atoms with Gasteiger partial charge in [-0.25, -0.2) is 0 Å². The Kier molecular flexibility index (Phi) is 6.21. The van der Waals surface area contributed by atoms with Crippen LogP contribution in [0.2, 0.25) is 0 Å². The fourth-order valence-electron chi connectivity index (χ4n) is 1.53. The summed E-state index contributed by atoms with van der Waals surface area (Å²) in [6.45, 7) is 5.88. The summed E-state index contributed by atoms with van der Waals surface area (Å²) in [4.78, 5) is 0. The summed E-state index contributed by atoms with van der Waals surface area (Å²) < 4.78 is 0. The van der Waals surface area contributed by atoms with Gasteiger partial charge in [-0.3, -0.25) is 0 Å². The molecule has 2 heteroatoms. The standard InChI is InChI=1S/C11H24N2/c1-2-3-4-5-6-7-8-12-9-11-10-13-11/h11-13H,2-10H2,1H3. The van der Waals surface area contributed by atoms with E-state index in [1.54, 1.807) is 0 Å². The van der Waals surface area contributed by atoms with Crippen molar-refractivity contribution in [3.05, 3.63) is 0 Å². The van der Waals surface area contributed by atoms with Crippen molar-refractivity contribution < 1.29 is 0 Å². The zero-order chi connectivity index (χ0) is 9.36. The van der Waals surface area contributed by atoms with Gasteiger partial charge in [0.1, 0.15) is 0 Å². The Balaban J connectivity index is 1.63. The molecule has 0 aromatic rings. The van der Waals surface area contributed by atoms with Crippen LogP contribution in [-0.4, -0.2) is 25.7 Å². The number of unbranched alkanes of at least 4 members (excludes halogenated alkanes) is 5. The lowest BCUT2D eigenvalue weighted by atomic mass is 10.1. The fourth-order valence-corrected chi connectivity index (χ4v) is 1.53. The molecule has 78 valence electrons. The third-order valence-corrected chi connectivity index (χ3v) is 2.59. The highest BCUT2D eigenvalue weighted by atomic mass is 15.1. The Morgan fingerprint density at radius 1 is 1.15 bits per heavy atom. The van der Waals surface area contributed by atoms with Crippen molar-refractivity contribution in [2.24, 2.45) is 0 Å². The van der Waals surface area contributed by atoms with Gasteiger partial charge >= 0.3 is 0 Å². The summed E-state index contributed by atoms with van der Waals surface area (Å²) in [5, 5.41) is 6.77. The minimum Gasteiger partial charge on any atom is -0.315 e. The monoisotopic (exact) mass is 184 g/mol. The molecule has 0 radical (unpaired) electrons. The van der Waals surface area contributed by atoms with Crippen LogP contribution in [0.1, 0.15) is 45.4 Å². The molecule has 1 fully saturated rings. The Morgan fingerprint density at radius 3 is 2.54 bits per heavy atom. The molecule has 2 nitrogen and oxygen atoms in total. The molecule has 13 heavy (non-hydrogen) atoms. The number of hydrogen-bond acceptors (Lipinski definition) is 2. The van der Waals surface area contributed by atoms with Crippen LogP contribution in [0.4, 0.5) is 0 Å². The molecule has 1 aliphatic heterocycles. The Bertz CT molecular complexity index is 111. The first-order valence-corrected chi connectivity index (χ1v) is 5.87. The van der Waals surface area contributed by atoms with Gasteiger partial charge in [0.25, 0.3) is 0 Å². The Hall–Kier alpha value is -0.0800. The predicted octanol–water partition coefficient (Wildman–Crippen LogP) is 1.91. The summed E-state index contributed by atoms with van der Waals surface area (Å²) in [6, 6.07) is 0.792. The van der Waals surface area contributed by atoms with Crippen LogP contribution in [0.5, 0.6) is 0 Å². The average molecular weight is 184 g/mol. The van der Waals surface area contributed by atoms with Crippen LogP contribution in [0.25, 0.3) is 0 Å². The molecule has 1 aliphatic rings. The lowest BCUT2D eigenvalue weighted by molar-refractivity contribution is 0.571. The van der Waals surface area contributed by atoms with Crippen molar-refractivity contribution in [3.63, 3.8) is 0 Å². The molecule has 1 heterocycles. The molecular formula is C11H24N2. The topological polar surface area (TPSA) is 34.0 Å². The highest BCUT2D eigenvalue weighted by Crippen LogP contribution is 2.04. The molecule has 1 unspecified atom stereocenters. The maximum Gasteiger partial charge on any atom is 0.0318 e. The zero-order valence-electron chi connectivity index (χ0n) is 8.94. The molecule has 0 saturated carbocycles. The minimum absolute atomic E-state index is 0.792. The number of rotatable bonds is 9. The molecule has 0 aromatic heterocycles. The first-order valence-electron chi connectivity index (χ1n) is 5.87. The van der Waals surface area contributed by atoms with Gasteiger partial charge in [0.15, 0.2) is 0 Å². The van der Waals surface area contributed by atoms with E-state index in [1.165, 1.54) is 58.2 Å². The number of hydrogen-bond donors (Lipinski definition) is 2. The summed E-state index contributed by atoms with van der Waals surface area (Å²) in [6.07, 6.45) is 8.39. The van der Waals surface area contributed by atoms with Crippen LogP contribution in [0, 0.1) is 0 Å². The number of nitrogens with one attached hydrogen (secondary N) is 2. The van der Waals surface area contributed by atoms with E-state index < -0.39 is 0 Å². The van der Waals surface area contributed by atoms with Gasteiger partial charge < -0.3 is 10.6 Å². The van der Waals surface area contributed by atoms with Crippen molar-refractivity contribution in [2.45, 2.75) is 51.5 Å². The lowest BCUT2D eigenvalue weighted by Crippen LogP contribution is -2.21. The van der Waals surface area contributed by atoms with Gasteiger partial charge in [-0.15, -0.1) is 0 Å². The third-order valence-electron chi connectivity index (χ3n) is 2.59. The van der Waals surface area contributed by atoms with Crippen LogP contribution >= 0.6 is 0 Å². The lowest BCUT2D eigenvalue weighted by Gasteiger charge is -2.02. The predicted molar refractivity (Wildman–Crippen MR) is 58.0 cm³/mol. The van der Waals surface area contributed by atoms with E-state index in [-0.39, 0.29) is 0 Å². The molecule has 0 bridgehead atoms. The summed E-state index contributed by atoms with van der Waals surface area (Å²) in [5.41, 5.74) is 0. The summed E-state index contributed by atoms with van der Waals surface area (Å²) in [5.74, 6) is 0. The molecule has 0 spiro atoms. The maximum atomic E-state index is 3.48. The van der Waals surface area contributed by atoms with Gasteiger partial charge in [0, 0.05) is 19.1 Å². The van der Waals surface area contributed by atoms with E-state index in [4.69, 9.17) is 0 Å². The van der Waals surface area contributed by atoms with Gasteiger partial charge in [0.05, 0.1) is 0 Å². The van der Waals surface area contributed by atoms with Gasteiger partial charge in [0.2, 0.25) is 0 Å². The van der Waals surface area contributed by atoms with Crippen molar-refractivity contribution in [1.82, 2.24) is 10.6 Å². The van der Waals surface area contributed by atoms with E-state index in [0.717, 1.165) is 6.04 Å². The summed E-state index contributed by atoms with van der Waals surface area (Å²) >= 11 is 0. The quantitative estimate of drug-likeness (QED) is 0.424. The minimum atomic E-state index is 0.792. The SMILES string of the molecule is CCCCCCCCNCC1CN1. The first-order chi connectivity index (χ1) is 6.43. The fraction of sp³-hybridized carbons (Fsp3) is 1.00. The zero-order valence-corrected chi connectivity index (χ0v) is 8.94. The van der Waals surface area contributed by atoms with E-state index in [9.17, 15) is 0 Å². The van der Waals surface area contributed by atoms with Gasteiger partial charge in [-0.2, -0.15) is 0 Å². The third kappa shape index (κ3) is 7.03. The highest BCUT2D eigenvalue weighted by Gasteiger charge is 2.18. The van der Waals surface area contributed by atoms with E-state index in [0.29, 0.717) is 0 Å². The van der Waals surface area contributed by atoms with Crippen LogP contribution in [0.3, 0.4) is 0 Å². The van der Waals surface area contributed by atoms with Crippen molar-refractivity contribution in [3.8, 4) is 0 Å². The van der Waals surface area contributed by atoms with Crippen molar-refractivity contribution in [1.29, 1.82) is 0 Å². The smallest absolute Gasteiger partial charge is 0.0318 e. The van der Waals surface area contributed by atoms with Crippen molar-refractivity contribution >= 4 is 0 Å². The summed E-state index contributed by atoms with van der Waals surface area (Å²) in [7, 11) is 0. The second kappa shape index (κ2) is 7.34. The van der Waals surface area contributed by atoms with E-state index in [1.807, 2.05) is 0 Å². The Morgan fingerprint density at radius 2 is 1.85 bits per heavy atom. The van der Waals surface area contributed by atoms with Crippen molar-refractivity contribution in [2.75, 3.05) is 19.6 Å². The van der Waals surface area contributed by atoms with E-state index >= 15 is 0 Å².